The van der Waals surface area contributed by atoms with Crippen molar-refractivity contribution in [3.05, 3.63) is 59.7 Å². The molecule has 1 unspecified atom stereocenters. The smallest absolute Gasteiger partial charge is 0.124 e. The van der Waals surface area contributed by atoms with Crippen molar-refractivity contribution in [1.82, 2.24) is 0 Å². The number of nitriles is 1. The van der Waals surface area contributed by atoms with Crippen molar-refractivity contribution < 1.29 is 4.74 Å². The molecule has 0 saturated carbocycles. The molecule has 3 rings (SSSR count). The lowest BCUT2D eigenvalue weighted by atomic mass is 10.1. The Hall–Kier alpha value is -2.47. The molecule has 0 bridgehead atoms. The summed E-state index contributed by atoms with van der Waals surface area (Å²) in [6, 6.07) is 17.8. The summed E-state index contributed by atoms with van der Waals surface area (Å²) >= 11 is 0. The molecule has 88 valence electrons. The number of hydrogen-bond acceptors (Lipinski definition) is 3. The van der Waals surface area contributed by atoms with Gasteiger partial charge in [-0.25, -0.2) is 0 Å². The van der Waals surface area contributed by atoms with E-state index in [4.69, 9.17) is 10.00 Å². The van der Waals surface area contributed by atoms with Crippen LogP contribution in [0.5, 0.6) is 5.75 Å². The first-order valence-corrected chi connectivity index (χ1v) is 5.86. The largest absolute Gasteiger partial charge is 0.491 e. The van der Waals surface area contributed by atoms with Gasteiger partial charge in [-0.3, -0.25) is 0 Å². The highest BCUT2D eigenvalue weighted by molar-refractivity contribution is 5.59. The first-order valence-electron chi connectivity index (χ1n) is 5.86. The van der Waals surface area contributed by atoms with Crippen molar-refractivity contribution in [2.45, 2.75) is 6.04 Å². The number of nitrogens with zero attached hydrogens (tertiary/aromatic N) is 1. The number of ether oxygens (including phenoxy) is 1. The average Bonchev–Trinajstić information content (AvgIpc) is 2.83. The average molecular weight is 236 g/mol. The van der Waals surface area contributed by atoms with Crippen LogP contribution in [0.1, 0.15) is 17.2 Å². The van der Waals surface area contributed by atoms with Crippen molar-refractivity contribution >= 4 is 5.69 Å². The zero-order chi connectivity index (χ0) is 12.4. The topological polar surface area (TPSA) is 45.0 Å². The molecule has 0 radical (unpaired) electrons. The third-order valence-electron chi connectivity index (χ3n) is 3.08. The van der Waals surface area contributed by atoms with Crippen LogP contribution in [-0.2, 0) is 0 Å². The van der Waals surface area contributed by atoms with Crippen molar-refractivity contribution in [1.29, 1.82) is 5.26 Å². The van der Waals surface area contributed by atoms with Gasteiger partial charge in [-0.2, -0.15) is 5.26 Å². The van der Waals surface area contributed by atoms with Crippen molar-refractivity contribution in [3.63, 3.8) is 0 Å². The second-order valence-electron chi connectivity index (χ2n) is 4.20. The highest BCUT2D eigenvalue weighted by Gasteiger charge is 2.23. The highest BCUT2D eigenvalue weighted by atomic mass is 16.5. The third-order valence-corrected chi connectivity index (χ3v) is 3.08. The van der Waals surface area contributed by atoms with Gasteiger partial charge in [0, 0.05) is 5.56 Å². The van der Waals surface area contributed by atoms with Gasteiger partial charge in [0.25, 0.3) is 0 Å². The summed E-state index contributed by atoms with van der Waals surface area (Å²) in [7, 11) is 0. The molecule has 2 aromatic carbocycles. The Morgan fingerprint density at radius 2 is 1.89 bits per heavy atom. The zero-order valence-corrected chi connectivity index (χ0v) is 9.76. The number of hydrogen-bond donors (Lipinski definition) is 1. The predicted molar refractivity (Wildman–Crippen MR) is 69.5 cm³/mol. The molecule has 1 aliphatic rings. The molecular formula is C15H12N2O. The van der Waals surface area contributed by atoms with Gasteiger partial charge in [-0.15, -0.1) is 0 Å². The van der Waals surface area contributed by atoms with E-state index in [1.54, 1.807) is 0 Å². The van der Waals surface area contributed by atoms with E-state index in [1.165, 1.54) is 0 Å². The number of rotatable bonds is 2. The number of nitrogens with one attached hydrogen (secondary N) is 1. The van der Waals surface area contributed by atoms with Gasteiger partial charge in [0.2, 0.25) is 0 Å². The lowest BCUT2D eigenvalue weighted by Crippen LogP contribution is -2.12. The number of para-hydroxylation sites is 2. The Morgan fingerprint density at radius 3 is 2.78 bits per heavy atom. The van der Waals surface area contributed by atoms with Gasteiger partial charge in [-0.1, -0.05) is 30.3 Å². The summed E-state index contributed by atoms with van der Waals surface area (Å²) in [6.07, 6.45) is 0. The lowest BCUT2D eigenvalue weighted by Gasteiger charge is -2.14. The summed E-state index contributed by atoms with van der Waals surface area (Å²) in [5.41, 5.74) is 2.65. The lowest BCUT2D eigenvalue weighted by molar-refractivity contribution is 0.340. The predicted octanol–water partition coefficient (Wildman–Crippen LogP) is 3.10. The molecule has 3 nitrogen and oxygen atoms in total. The normalized spacial score (nSPS) is 16.5. The van der Waals surface area contributed by atoms with Crippen LogP contribution in [0.15, 0.2) is 48.5 Å². The van der Waals surface area contributed by atoms with E-state index < -0.39 is 0 Å². The molecule has 1 N–H and O–H groups in total. The van der Waals surface area contributed by atoms with Crippen LogP contribution in [-0.4, -0.2) is 6.61 Å². The molecule has 18 heavy (non-hydrogen) atoms. The maximum absolute atomic E-state index is 9.07. The summed E-state index contributed by atoms with van der Waals surface area (Å²) in [5.74, 6) is 0.921. The van der Waals surface area contributed by atoms with Gasteiger partial charge in [0.15, 0.2) is 0 Å². The van der Waals surface area contributed by atoms with E-state index in [1.807, 2.05) is 42.5 Å². The van der Waals surface area contributed by atoms with Crippen LogP contribution in [0.2, 0.25) is 0 Å². The van der Waals surface area contributed by atoms with Crippen LogP contribution >= 0.6 is 0 Å². The molecule has 1 atom stereocenters. The first kappa shape index (κ1) is 10.7. The monoisotopic (exact) mass is 236 g/mol. The molecular weight excluding hydrogens is 224 g/mol. The molecule has 1 heterocycles. The van der Waals surface area contributed by atoms with Crippen LogP contribution in [0.3, 0.4) is 0 Å². The molecule has 0 aromatic heterocycles. The van der Waals surface area contributed by atoms with Gasteiger partial charge in [-0.05, 0) is 18.2 Å². The highest BCUT2D eigenvalue weighted by Crippen LogP contribution is 2.34. The molecule has 0 amide bonds. The van der Waals surface area contributed by atoms with Crippen LogP contribution in [0, 0.1) is 11.3 Å². The SMILES string of the molecule is N#Cc1ccccc1NC1COc2ccccc21. The van der Waals surface area contributed by atoms with Gasteiger partial charge in [0.1, 0.15) is 18.4 Å². The summed E-state index contributed by atoms with van der Waals surface area (Å²) in [5, 5.41) is 12.4. The van der Waals surface area contributed by atoms with E-state index >= 15 is 0 Å². The van der Waals surface area contributed by atoms with Crippen LogP contribution in [0.4, 0.5) is 5.69 Å². The number of anilines is 1. The molecule has 0 saturated heterocycles. The minimum atomic E-state index is 0.107. The molecule has 0 fully saturated rings. The molecule has 2 aromatic rings. The van der Waals surface area contributed by atoms with Gasteiger partial charge in [0.05, 0.1) is 17.3 Å². The van der Waals surface area contributed by atoms with E-state index in [0.717, 1.165) is 17.0 Å². The quantitative estimate of drug-likeness (QED) is 0.871. The molecule has 3 heteroatoms. The molecule has 0 spiro atoms. The number of fused-ring (bicyclic) bond motifs is 1. The third kappa shape index (κ3) is 1.78. The minimum Gasteiger partial charge on any atom is -0.491 e. The molecule has 0 aliphatic carbocycles. The van der Waals surface area contributed by atoms with Gasteiger partial charge < -0.3 is 10.1 Å². The maximum Gasteiger partial charge on any atom is 0.124 e. The fourth-order valence-electron chi connectivity index (χ4n) is 2.18. The van der Waals surface area contributed by atoms with Gasteiger partial charge >= 0.3 is 0 Å². The number of benzene rings is 2. The Kier molecular flexibility index (Phi) is 2.62. The Labute approximate surface area is 106 Å². The van der Waals surface area contributed by atoms with Crippen molar-refractivity contribution in [2.75, 3.05) is 11.9 Å². The van der Waals surface area contributed by atoms with Crippen LogP contribution < -0.4 is 10.1 Å². The van der Waals surface area contributed by atoms with E-state index in [2.05, 4.69) is 17.5 Å². The fourth-order valence-corrected chi connectivity index (χ4v) is 2.18. The Morgan fingerprint density at radius 1 is 1.11 bits per heavy atom. The van der Waals surface area contributed by atoms with Crippen molar-refractivity contribution in [2.24, 2.45) is 0 Å². The van der Waals surface area contributed by atoms with E-state index in [9.17, 15) is 0 Å². The zero-order valence-electron chi connectivity index (χ0n) is 9.76. The van der Waals surface area contributed by atoms with Crippen molar-refractivity contribution in [3.8, 4) is 11.8 Å². The Bertz CT molecular complexity index is 616. The maximum atomic E-state index is 9.07. The van der Waals surface area contributed by atoms with E-state index in [0.29, 0.717) is 12.2 Å². The van der Waals surface area contributed by atoms with Crippen LogP contribution in [0.25, 0.3) is 0 Å². The minimum absolute atomic E-state index is 0.107. The summed E-state index contributed by atoms with van der Waals surface area (Å²) < 4.78 is 5.61. The standard InChI is InChI=1S/C15H12N2O/c16-9-11-5-1-3-7-13(11)17-14-10-18-15-8-4-2-6-12(14)15/h1-8,14,17H,10H2. The first-order chi connectivity index (χ1) is 8.88. The summed E-state index contributed by atoms with van der Waals surface area (Å²) in [6.45, 7) is 0.596. The van der Waals surface area contributed by atoms with E-state index in [-0.39, 0.29) is 6.04 Å². The summed E-state index contributed by atoms with van der Waals surface area (Å²) in [4.78, 5) is 0. The molecule has 1 aliphatic heterocycles. The fraction of sp³-hybridized carbons (Fsp3) is 0.133. The Balaban J connectivity index is 1.89. The second-order valence-corrected chi connectivity index (χ2v) is 4.20. The second kappa shape index (κ2) is 4.42.